The summed E-state index contributed by atoms with van der Waals surface area (Å²) in [6.07, 6.45) is 0. The molecule has 0 aliphatic carbocycles. The topological polar surface area (TPSA) is 40.2 Å². The first-order valence-electron chi connectivity index (χ1n) is 8.20. The smallest absolute Gasteiger partial charge is 0.188 e. The van der Waals surface area contributed by atoms with Gasteiger partial charge in [-0.05, 0) is 45.0 Å². The highest BCUT2D eigenvalue weighted by Gasteiger charge is 2.28. The molecule has 2 aromatic carbocycles. The maximum Gasteiger partial charge on any atom is 0.188 e. The summed E-state index contributed by atoms with van der Waals surface area (Å²) in [6.45, 7) is 6.82. The molecule has 0 radical (unpaired) electrons. The average Bonchev–Trinajstić information content (AvgIpc) is 2.59. The first-order chi connectivity index (χ1) is 12.0. The van der Waals surface area contributed by atoms with E-state index in [1.165, 1.54) is 0 Å². The first kappa shape index (κ1) is 19.1. The second kappa shape index (κ2) is 8.74. The van der Waals surface area contributed by atoms with E-state index in [0.717, 1.165) is 22.9 Å². The molecule has 0 bridgehead atoms. The molecule has 0 saturated carbocycles. The molecule has 0 fully saturated rings. The van der Waals surface area contributed by atoms with Gasteiger partial charge in [-0.1, -0.05) is 24.3 Å². The van der Waals surface area contributed by atoms with Crippen molar-refractivity contribution in [1.29, 1.82) is 0 Å². The highest BCUT2D eigenvalue weighted by molar-refractivity contribution is 5.75. The summed E-state index contributed by atoms with van der Waals surface area (Å²) in [7, 11) is 3.22. The van der Waals surface area contributed by atoms with Crippen molar-refractivity contribution in [3.8, 4) is 11.5 Å². The number of rotatable bonds is 8. The van der Waals surface area contributed by atoms with Crippen LogP contribution >= 0.6 is 0 Å². The fourth-order valence-electron chi connectivity index (χ4n) is 2.63. The molecule has 0 N–H and O–H groups in total. The number of hydrogen-bond donors (Lipinski definition) is 0. The monoisotopic (exact) mass is 345 g/mol. The minimum atomic E-state index is -0.209. The summed E-state index contributed by atoms with van der Waals surface area (Å²) in [4.78, 5) is 2.20. The van der Waals surface area contributed by atoms with Gasteiger partial charge < -0.3 is 23.8 Å². The van der Waals surface area contributed by atoms with Crippen molar-refractivity contribution in [3.05, 3.63) is 48.5 Å². The maximum atomic E-state index is 5.78. The van der Waals surface area contributed by atoms with Crippen LogP contribution in [0.2, 0.25) is 0 Å². The van der Waals surface area contributed by atoms with E-state index in [1.54, 1.807) is 14.2 Å². The van der Waals surface area contributed by atoms with Gasteiger partial charge in [0.05, 0.1) is 11.4 Å². The lowest BCUT2D eigenvalue weighted by Gasteiger charge is -2.39. The number of hydrogen-bond acceptors (Lipinski definition) is 5. The predicted molar refractivity (Wildman–Crippen MR) is 99.8 cm³/mol. The van der Waals surface area contributed by atoms with Crippen LogP contribution in [-0.2, 0) is 9.47 Å². The van der Waals surface area contributed by atoms with Crippen LogP contribution in [0.5, 0.6) is 11.5 Å². The molecule has 25 heavy (non-hydrogen) atoms. The third kappa shape index (κ3) is 4.87. The zero-order valence-corrected chi connectivity index (χ0v) is 15.6. The van der Waals surface area contributed by atoms with Crippen molar-refractivity contribution in [1.82, 2.24) is 0 Å². The third-order valence-corrected chi connectivity index (χ3v) is 3.55. The van der Waals surface area contributed by atoms with Gasteiger partial charge in [0.15, 0.2) is 13.6 Å². The van der Waals surface area contributed by atoms with E-state index in [4.69, 9.17) is 18.9 Å². The lowest BCUT2D eigenvalue weighted by molar-refractivity contribution is 0.0508. The van der Waals surface area contributed by atoms with Gasteiger partial charge in [0.25, 0.3) is 0 Å². The molecule has 5 nitrogen and oxygen atoms in total. The second-order valence-corrected chi connectivity index (χ2v) is 6.54. The summed E-state index contributed by atoms with van der Waals surface area (Å²) in [5, 5.41) is 0. The lowest BCUT2D eigenvalue weighted by atomic mass is 10.0. The molecule has 136 valence electrons. The zero-order valence-electron chi connectivity index (χ0n) is 15.6. The van der Waals surface area contributed by atoms with Gasteiger partial charge in [-0.3, -0.25) is 0 Å². The Kier molecular flexibility index (Phi) is 6.67. The molecule has 2 aromatic rings. The van der Waals surface area contributed by atoms with Crippen molar-refractivity contribution in [2.24, 2.45) is 0 Å². The maximum absolute atomic E-state index is 5.78. The normalized spacial score (nSPS) is 11.2. The van der Waals surface area contributed by atoms with E-state index < -0.39 is 0 Å². The summed E-state index contributed by atoms with van der Waals surface area (Å²) >= 11 is 0. The Labute approximate surface area is 150 Å². The number of benzene rings is 2. The van der Waals surface area contributed by atoms with Crippen LogP contribution < -0.4 is 14.4 Å². The SMILES string of the molecule is COCOc1ccccc1N(c1ccccc1OCOC)C(C)(C)C. The second-order valence-electron chi connectivity index (χ2n) is 6.54. The number of methoxy groups -OCH3 is 2. The van der Waals surface area contributed by atoms with Crippen LogP contribution in [0.25, 0.3) is 0 Å². The van der Waals surface area contributed by atoms with Crippen molar-refractivity contribution >= 4 is 11.4 Å². The molecule has 0 amide bonds. The zero-order chi connectivity index (χ0) is 18.3. The molecule has 0 spiro atoms. The van der Waals surface area contributed by atoms with Crippen molar-refractivity contribution in [2.75, 3.05) is 32.7 Å². The fourth-order valence-corrected chi connectivity index (χ4v) is 2.63. The Morgan fingerprint density at radius 2 is 1.12 bits per heavy atom. The summed E-state index contributed by atoms with van der Waals surface area (Å²) in [6, 6.07) is 15.8. The van der Waals surface area contributed by atoms with Crippen LogP contribution in [0.3, 0.4) is 0 Å². The van der Waals surface area contributed by atoms with E-state index in [-0.39, 0.29) is 19.1 Å². The molecular weight excluding hydrogens is 318 g/mol. The highest BCUT2D eigenvalue weighted by Crippen LogP contribution is 2.43. The summed E-state index contributed by atoms with van der Waals surface area (Å²) in [5.41, 5.74) is 1.68. The Hall–Kier alpha value is -2.24. The highest BCUT2D eigenvalue weighted by atomic mass is 16.7. The minimum absolute atomic E-state index is 0.191. The van der Waals surface area contributed by atoms with Crippen molar-refractivity contribution < 1.29 is 18.9 Å². The van der Waals surface area contributed by atoms with Gasteiger partial charge in [-0.2, -0.15) is 0 Å². The molecule has 0 aliphatic rings. The van der Waals surface area contributed by atoms with Crippen LogP contribution in [0.4, 0.5) is 11.4 Å². The number of para-hydroxylation sites is 4. The Morgan fingerprint density at radius 1 is 0.720 bits per heavy atom. The van der Waals surface area contributed by atoms with E-state index in [9.17, 15) is 0 Å². The molecule has 0 heterocycles. The molecule has 0 aliphatic heterocycles. The third-order valence-electron chi connectivity index (χ3n) is 3.55. The van der Waals surface area contributed by atoms with Crippen molar-refractivity contribution in [3.63, 3.8) is 0 Å². The van der Waals surface area contributed by atoms with Gasteiger partial charge in [0, 0.05) is 19.8 Å². The fraction of sp³-hybridized carbons (Fsp3) is 0.400. The van der Waals surface area contributed by atoms with Gasteiger partial charge >= 0.3 is 0 Å². The largest absolute Gasteiger partial charge is 0.465 e. The van der Waals surface area contributed by atoms with Gasteiger partial charge in [0.2, 0.25) is 0 Å². The quantitative estimate of drug-likeness (QED) is 0.655. The van der Waals surface area contributed by atoms with Crippen LogP contribution in [0.1, 0.15) is 20.8 Å². The Morgan fingerprint density at radius 3 is 1.48 bits per heavy atom. The van der Waals surface area contributed by atoms with Gasteiger partial charge in [0.1, 0.15) is 11.5 Å². The molecule has 5 heteroatoms. The van der Waals surface area contributed by atoms with E-state index in [1.807, 2.05) is 48.5 Å². The molecule has 2 rings (SSSR count). The molecule has 0 atom stereocenters. The van der Waals surface area contributed by atoms with Crippen molar-refractivity contribution in [2.45, 2.75) is 26.3 Å². The molecule has 0 unspecified atom stereocenters. The van der Waals surface area contributed by atoms with E-state index >= 15 is 0 Å². The lowest BCUT2D eigenvalue weighted by Crippen LogP contribution is -2.38. The summed E-state index contributed by atoms with van der Waals surface area (Å²) < 4.78 is 21.7. The van der Waals surface area contributed by atoms with Crippen LogP contribution in [0.15, 0.2) is 48.5 Å². The number of ether oxygens (including phenoxy) is 4. The Balaban J connectivity index is 2.53. The average molecular weight is 345 g/mol. The number of nitrogens with zero attached hydrogens (tertiary/aromatic N) is 1. The van der Waals surface area contributed by atoms with E-state index in [0.29, 0.717) is 0 Å². The van der Waals surface area contributed by atoms with Crippen LogP contribution in [0, 0.1) is 0 Å². The van der Waals surface area contributed by atoms with Crippen LogP contribution in [-0.4, -0.2) is 33.3 Å². The summed E-state index contributed by atoms with van der Waals surface area (Å²) in [5.74, 6) is 1.50. The predicted octanol–water partition coefficient (Wildman–Crippen LogP) is 4.59. The molecule has 0 saturated heterocycles. The first-order valence-corrected chi connectivity index (χ1v) is 8.20. The molecular formula is C20H27NO4. The van der Waals surface area contributed by atoms with Gasteiger partial charge in [-0.25, -0.2) is 0 Å². The Bertz CT molecular complexity index is 615. The molecule has 0 aromatic heterocycles. The van der Waals surface area contributed by atoms with Gasteiger partial charge in [-0.15, -0.1) is 0 Å². The number of anilines is 2. The standard InChI is InChI=1S/C20H27NO4/c1-20(2,3)21(16-10-6-8-12-18(16)24-14-22-4)17-11-7-9-13-19(17)25-15-23-5/h6-13H,14-15H2,1-5H3. The van der Waals surface area contributed by atoms with E-state index in [2.05, 4.69) is 25.7 Å². The minimum Gasteiger partial charge on any atom is -0.465 e.